The molecule has 0 saturated carbocycles. The Morgan fingerprint density at radius 2 is 1.49 bits per heavy atom. The van der Waals surface area contributed by atoms with Crippen molar-refractivity contribution in [3.63, 3.8) is 0 Å². The van der Waals surface area contributed by atoms with Gasteiger partial charge in [0.25, 0.3) is 0 Å². The lowest BCUT2D eigenvalue weighted by Gasteiger charge is -2.24. The molecule has 3 atom stereocenters. The Morgan fingerprint density at radius 3 is 2.03 bits per heavy atom. The number of carbonyl (C=O) groups is 4. The first kappa shape index (κ1) is 31.8. The fourth-order valence-electron chi connectivity index (χ4n) is 3.70. The lowest BCUT2D eigenvalue weighted by Crippen LogP contribution is -2.46. The monoisotopic (exact) mass is 522 g/mol. The predicted octanol–water partition coefficient (Wildman–Crippen LogP) is 1.47. The molecule has 3 amide bonds. The van der Waals surface area contributed by atoms with E-state index in [0.29, 0.717) is 32.2 Å². The van der Waals surface area contributed by atoms with Crippen LogP contribution in [-0.4, -0.2) is 71.0 Å². The summed E-state index contributed by atoms with van der Waals surface area (Å²) < 4.78 is 5.16. The molecule has 0 bridgehead atoms. The molecule has 0 aromatic heterocycles. The van der Waals surface area contributed by atoms with Crippen LogP contribution in [-0.2, 0) is 25.5 Å². The molecule has 1 rings (SSSR count). The van der Waals surface area contributed by atoms with Crippen LogP contribution in [0.25, 0.3) is 0 Å². The first-order valence-electron chi connectivity index (χ1n) is 12.6. The van der Waals surface area contributed by atoms with Crippen molar-refractivity contribution in [2.45, 2.75) is 89.4 Å². The quantitative estimate of drug-likeness (QED) is 0.177. The molecule has 37 heavy (non-hydrogen) atoms. The Hall–Kier alpha value is -3.18. The van der Waals surface area contributed by atoms with Gasteiger partial charge in [0, 0.05) is 24.9 Å². The molecule has 1 aromatic carbocycles. The molecule has 1 aromatic rings. The number of alkyl carbamates (subject to hydrolysis) is 1. The molecular formula is C26H42N4O7. The molecule has 208 valence electrons. The Labute approximate surface area is 218 Å². The van der Waals surface area contributed by atoms with Gasteiger partial charge in [0.15, 0.2) is 0 Å². The van der Waals surface area contributed by atoms with E-state index in [0.717, 1.165) is 5.56 Å². The Kier molecular flexibility index (Phi) is 14.2. The summed E-state index contributed by atoms with van der Waals surface area (Å²) in [5, 5.41) is 26.9. The van der Waals surface area contributed by atoms with E-state index >= 15 is 0 Å². The zero-order valence-electron chi connectivity index (χ0n) is 22.0. The number of unbranched alkanes of at least 4 members (excludes halogenated alkanes) is 1. The van der Waals surface area contributed by atoms with Crippen molar-refractivity contribution in [3.05, 3.63) is 35.9 Å². The van der Waals surface area contributed by atoms with Gasteiger partial charge in [0.1, 0.15) is 5.60 Å². The molecular weight excluding hydrogens is 480 g/mol. The largest absolute Gasteiger partial charge is 0.481 e. The summed E-state index contributed by atoms with van der Waals surface area (Å²) in [7, 11) is 0. The maximum absolute atomic E-state index is 12.8. The molecule has 0 aliphatic carbocycles. The minimum atomic E-state index is -1.03. The fraction of sp³-hybridized carbons (Fsp3) is 0.615. The van der Waals surface area contributed by atoms with Crippen molar-refractivity contribution < 1.29 is 34.1 Å². The first-order chi connectivity index (χ1) is 17.4. The number of nitrogens with one attached hydrogen (secondary N) is 3. The summed E-state index contributed by atoms with van der Waals surface area (Å²) in [5.41, 5.74) is 5.74. The van der Waals surface area contributed by atoms with Crippen LogP contribution in [0, 0.1) is 0 Å². The van der Waals surface area contributed by atoms with Gasteiger partial charge in [0.05, 0.1) is 19.1 Å². The van der Waals surface area contributed by atoms with Crippen molar-refractivity contribution >= 4 is 23.9 Å². The van der Waals surface area contributed by atoms with Crippen LogP contribution in [0.1, 0.15) is 64.9 Å². The Morgan fingerprint density at radius 1 is 0.892 bits per heavy atom. The third kappa shape index (κ3) is 15.5. The van der Waals surface area contributed by atoms with Gasteiger partial charge in [-0.15, -0.1) is 0 Å². The number of amides is 3. The van der Waals surface area contributed by atoms with Crippen LogP contribution in [0.4, 0.5) is 4.79 Å². The van der Waals surface area contributed by atoms with E-state index in [1.165, 1.54) is 0 Å². The summed E-state index contributed by atoms with van der Waals surface area (Å²) in [6.07, 6.45) is 0.991. The Balaban J connectivity index is 2.76. The Bertz CT molecular complexity index is 858. The number of aliphatic hydroxyl groups excluding tert-OH is 1. The summed E-state index contributed by atoms with van der Waals surface area (Å²) in [4.78, 5) is 48.8. The number of carboxylic acids is 1. The number of hydrogen-bond acceptors (Lipinski definition) is 7. The molecule has 0 radical (unpaired) electrons. The number of ether oxygens (including phenoxy) is 1. The van der Waals surface area contributed by atoms with Crippen molar-refractivity contribution in [1.29, 1.82) is 0 Å². The molecule has 0 aliphatic heterocycles. The van der Waals surface area contributed by atoms with E-state index < -0.39 is 48.3 Å². The van der Waals surface area contributed by atoms with E-state index in [-0.39, 0.29) is 25.2 Å². The molecule has 0 saturated heterocycles. The van der Waals surface area contributed by atoms with Crippen LogP contribution in [0.15, 0.2) is 30.3 Å². The molecule has 0 unspecified atom stereocenters. The normalized spacial score (nSPS) is 13.6. The highest BCUT2D eigenvalue weighted by atomic mass is 16.6. The second-order valence-electron chi connectivity index (χ2n) is 10.0. The van der Waals surface area contributed by atoms with E-state index in [4.69, 9.17) is 10.5 Å². The smallest absolute Gasteiger partial charge is 0.407 e. The average molecular weight is 523 g/mol. The van der Waals surface area contributed by atoms with Crippen LogP contribution in [0.3, 0.4) is 0 Å². The highest BCUT2D eigenvalue weighted by Crippen LogP contribution is 2.10. The SMILES string of the molecule is CC(C)(C)OC(=O)N[C@@H](CO)CC(=O)N[C@@H](CCCCN)CC(=O)N[C@H](CC(=O)O)Cc1ccccc1. The van der Waals surface area contributed by atoms with Gasteiger partial charge in [-0.05, 0) is 52.1 Å². The van der Waals surface area contributed by atoms with Gasteiger partial charge in [-0.3, -0.25) is 14.4 Å². The molecule has 0 fully saturated rings. The lowest BCUT2D eigenvalue weighted by atomic mass is 10.0. The number of benzene rings is 1. The zero-order chi connectivity index (χ0) is 27.8. The minimum Gasteiger partial charge on any atom is -0.481 e. The van der Waals surface area contributed by atoms with Gasteiger partial charge >= 0.3 is 12.1 Å². The van der Waals surface area contributed by atoms with Crippen molar-refractivity contribution in [3.8, 4) is 0 Å². The van der Waals surface area contributed by atoms with Crippen LogP contribution >= 0.6 is 0 Å². The first-order valence-corrected chi connectivity index (χ1v) is 12.6. The van der Waals surface area contributed by atoms with Crippen molar-refractivity contribution in [1.82, 2.24) is 16.0 Å². The molecule has 0 heterocycles. The summed E-state index contributed by atoms with van der Waals surface area (Å²) >= 11 is 0. The molecule has 0 spiro atoms. The van der Waals surface area contributed by atoms with E-state index in [1.54, 1.807) is 20.8 Å². The number of rotatable bonds is 16. The van der Waals surface area contributed by atoms with Gasteiger partial charge in [-0.1, -0.05) is 36.8 Å². The fourth-order valence-corrected chi connectivity index (χ4v) is 3.70. The number of aliphatic carboxylic acids is 1. The standard InChI is InChI=1S/C26H42N4O7/c1-26(2,3)37-25(36)30-21(17-31)15-23(33)28-19(11-7-8-12-27)14-22(32)29-20(16-24(34)35)13-18-9-5-4-6-10-18/h4-6,9-10,19-21,31H,7-8,11-17,27H2,1-3H3,(H,28,33)(H,29,32)(H,30,36)(H,34,35)/t19-,20-,21+/m0/s1. The summed E-state index contributed by atoms with van der Waals surface area (Å²) in [6.45, 7) is 5.10. The third-order valence-corrected chi connectivity index (χ3v) is 5.29. The zero-order valence-corrected chi connectivity index (χ0v) is 22.0. The number of carboxylic acid groups (broad SMARTS) is 1. The topological polar surface area (TPSA) is 180 Å². The second kappa shape index (κ2) is 16.5. The maximum atomic E-state index is 12.8. The third-order valence-electron chi connectivity index (χ3n) is 5.29. The predicted molar refractivity (Wildman–Crippen MR) is 139 cm³/mol. The molecule has 7 N–H and O–H groups in total. The lowest BCUT2D eigenvalue weighted by molar-refractivity contribution is -0.137. The summed E-state index contributed by atoms with van der Waals surface area (Å²) in [5.74, 6) is -1.86. The van der Waals surface area contributed by atoms with Crippen LogP contribution in [0.5, 0.6) is 0 Å². The van der Waals surface area contributed by atoms with Gasteiger partial charge in [-0.2, -0.15) is 0 Å². The molecule has 11 heteroatoms. The maximum Gasteiger partial charge on any atom is 0.407 e. The highest BCUT2D eigenvalue weighted by Gasteiger charge is 2.24. The van der Waals surface area contributed by atoms with Gasteiger partial charge < -0.3 is 36.6 Å². The second-order valence-corrected chi connectivity index (χ2v) is 10.0. The van der Waals surface area contributed by atoms with E-state index in [2.05, 4.69) is 16.0 Å². The van der Waals surface area contributed by atoms with E-state index in [9.17, 15) is 29.4 Å². The average Bonchev–Trinajstić information content (AvgIpc) is 2.77. The van der Waals surface area contributed by atoms with E-state index in [1.807, 2.05) is 30.3 Å². The van der Waals surface area contributed by atoms with Crippen molar-refractivity contribution in [2.75, 3.05) is 13.2 Å². The van der Waals surface area contributed by atoms with Crippen molar-refractivity contribution in [2.24, 2.45) is 5.73 Å². The molecule has 0 aliphatic rings. The highest BCUT2D eigenvalue weighted by molar-refractivity contribution is 5.81. The minimum absolute atomic E-state index is 0.0511. The number of nitrogens with two attached hydrogens (primary N) is 1. The molecule has 11 nitrogen and oxygen atoms in total. The van der Waals surface area contributed by atoms with Crippen LogP contribution < -0.4 is 21.7 Å². The number of carbonyl (C=O) groups excluding carboxylic acids is 3. The number of aliphatic hydroxyl groups is 1. The summed E-state index contributed by atoms with van der Waals surface area (Å²) in [6, 6.07) is 7.27. The van der Waals surface area contributed by atoms with Gasteiger partial charge in [-0.25, -0.2) is 4.79 Å². The van der Waals surface area contributed by atoms with Gasteiger partial charge in [0.2, 0.25) is 11.8 Å². The number of hydrogen-bond donors (Lipinski definition) is 6. The van der Waals surface area contributed by atoms with Crippen LogP contribution in [0.2, 0.25) is 0 Å².